The van der Waals surface area contributed by atoms with E-state index in [2.05, 4.69) is 20.8 Å². The lowest BCUT2D eigenvalue weighted by Gasteiger charge is -2.18. The standard InChI is InChI=1S/C11H22O2/c1-9(8-13-5)6-10(12)7-11(2,3)4/h9H,6-8H2,1-5H3. The van der Waals surface area contributed by atoms with Crippen molar-refractivity contribution < 1.29 is 9.53 Å². The number of hydrogen-bond donors (Lipinski definition) is 0. The molecule has 0 fully saturated rings. The molecule has 0 aliphatic rings. The van der Waals surface area contributed by atoms with Crippen LogP contribution in [-0.2, 0) is 9.53 Å². The van der Waals surface area contributed by atoms with E-state index in [1.54, 1.807) is 7.11 Å². The quantitative estimate of drug-likeness (QED) is 0.660. The van der Waals surface area contributed by atoms with Gasteiger partial charge in [-0.1, -0.05) is 27.7 Å². The third-order valence-electron chi connectivity index (χ3n) is 1.75. The van der Waals surface area contributed by atoms with Crippen LogP contribution >= 0.6 is 0 Å². The molecule has 1 atom stereocenters. The Morgan fingerprint density at radius 3 is 2.31 bits per heavy atom. The predicted molar refractivity (Wildman–Crippen MR) is 54.7 cm³/mol. The first-order valence-corrected chi connectivity index (χ1v) is 4.86. The molecule has 13 heavy (non-hydrogen) atoms. The Bertz CT molecular complexity index is 156. The van der Waals surface area contributed by atoms with Crippen molar-refractivity contribution in [2.75, 3.05) is 13.7 Å². The fraction of sp³-hybridized carbons (Fsp3) is 0.909. The van der Waals surface area contributed by atoms with E-state index in [4.69, 9.17) is 4.74 Å². The van der Waals surface area contributed by atoms with Crippen molar-refractivity contribution in [1.29, 1.82) is 0 Å². The summed E-state index contributed by atoms with van der Waals surface area (Å²) in [5.41, 5.74) is 0.115. The zero-order valence-corrected chi connectivity index (χ0v) is 9.52. The van der Waals surface area contributed by atoms with Gasteiger partial charge in [-0.3, -0.25) is 4.79 Å². The van der Waals surface area contributed by atoms with Crippen LogP contribution in [0.15, 0.2) is 0 Å². The summed E-state index contributed by atoms with van der Waals surface area (Å²) in [6.45, 7) is 8.99. The highest BCUT2D eigenvalue weighted by atomic mass is 16.5. The number of carbonyl (C=O) groups excluding carboxylic acids is 1. The zero-order chi connectivity index (χ0) is 10.5. The lowest BCUT2D eigenvalue weighted by atomic mass is 9.87. The molecule has 0 spiro atoms. The van der Waals surface area contributed by atoms with Gasteiger partial charge < -0.3 is 4.74 Å². The molecule has 0 saturated heterocycles. The maximum Gasteiger partial charge on any atom is 0.133 e. The number of Topliss-reactive ketones (excluding diaryl/α,β-unsaturated/α-hetero) is 1. The monoisotopic (exact) mass is 186 g/mol. The molecule has 0 saturated carbocycles. The van der Waals surface area contributed by atoms with Gasteiger partial charge in [0.05, 0.1) is 0 Å². The third kappa shape index (κ3) is 7.97. The van der Waals surface area contributed by atoms with E-state index < -0.39 is 0 Å². The van der Waals surface area contributed by atoms with Gasteiger partial charge in [0.1, 0.15) is 5.78 Å². The molecule has 0 aliphatic heterocycles. The summed E-state index contributed by atoms with van der Waals surface area (Å²) in [6.07, 6.45) is 1.31. The fourth-order valence-corrected chi connectivity index (χ4v) is 1.40. The van der Waals surface area contributed by atoms with Crippen LogP contribution in [0.1, 0.15) is 40.5 Å². The minimum Gasteiger partial charge on any atom is -0.384 e. The molecule has 0 amide bonds. The number of ether oxygens (including phenoxy) is 1. The normalized spacial score (nSPS) is 14.2. The van der Waals surface area contributed by atoms with E-state index >= 15 is 0 Å². The topological polar surface area (TPSA) is 26.3 Å². The van der Waals surface area contributed by atoms with Crippen LogP contribution in [0.2, 0.25) is 0 Å². The Morgan fingerprint density at radius 2 is 1.92 bits per heavy atom. The molecule has 0 aromatic carbocycles. The van der Waals surface area contributed by atoms with Gasteiger partial charge in [0.25, 0.3) is 0 Å². The summed E-state index contributed by atoms with van der Waals surface area (Å²) >= 11 is 0. The summed E-state index contributed by atoms with van der Waals surface area (Å²) in [7, 11) is 1.67. The van der Waals surface area contributed by atoms with Crippen LogP contribution in [0.5, 0.6) is 0 Å². The van der Waals surface area contributed by atoms with E-state index in [-0.39, 0.29) is 5.41 Å². The van der Waals surface area contributed by atoms with Gasteiger partial charge in [0.2, 0.25) is 0 Å². The van der Waals surface area contributed by atoms with Gasteiger partial charge in [-0.25, -0.2) is 0 Å². The van der Waals surface area contributed by atoms with Gasteiger partial charge in [-0.15, -0.1) is 0 Å². The first-order valence-electron chi connectivity index (χ1n) is 4.86. The first-order chi connectivity index (χ1) is 5.85. The van der Waals surface area contributed by atoms with Crippen LogP contribution in [0, 0.1) is 11.3 Å². The largest absolute Gasteiger partial charge is 0.384 e. The summed E-state index contributed by atoms with van der Waals surface area (Å²) < 4.78 is 4.98. The molecule has 0 aliphatic carbocycles. The number of hydrogen-bond acceptors (Lipinski definition) is 2. The van der Waals surface area contributed by atoms with Gasteiger partial charge >= 0.3 is 0 Å². The maximum absolute atomic E-state index is 11.5. The SMILES string of the molecule is COCC(C)CC(=O)CC(C)(C)C. The van der Waals surface area contributed by atoms with E-state index in [9.17, 15) is 4.79 Å². The Labute approximate surface area is 81.7 Å². The van der Waals surface area contributed by atoms with Crippen molar-refractivity contribution >= 4 is 5.78 Å². The molecule has 2 nitrogen and oxygen atoms in total. The highest BCUT2D eigenvalue weighted by molar-refractivity contribution is 5.79. The second-order valence-corrected chi connectivity index (χ2v) is 5.04. The molecule has 0 rings (SSSR count). The van der Waals surface area contributed by atoms with E-state index in [0.29, 0.717) is 31.1 Å². The minimum atomic E-state index is 0.115. The van der Waals surface area contributed by atoms with Crippen molar-refractivity contribution in [2.45, 2.75) is 40.5 Å². The second kappa shape index (κ2) is 5.38. The van der Waals surface area contributed by atoms with Crippen molar-refractivity contribution in [3.63, 3.8) is 0 Å². The van der Waals surface area contributed by atoms with E-state index in [0.717, 1.165) is 0 Å². The molecule has 0 bridgehead atoms. The number of methoxy groups -OCH3 is 1. The second-order valence-electron chi connectivity index (χ2n) is 5.04. The summed E-state index contributed by atoms with van der Waals surface area (Å²) in [5, 5.41) is 0. The van der Waals surface area contributed by atoms with Crippen LogP contribution in [0.25, 0.3) is 0 Å². The molecule has 0 aromatic rings. The Hall–Kier alpha value is -0.370. The molecule has 78 valence electrons. The molecule has 0 heterocycles. The molecule has 1 unspecified atom stereocenters. The highest BCUT2D eigenvalue weighted by Gasteiger charge is 2.17. The Kier molecular flexibility index (Phi) is 5.23. The van der Waals surface area contributed by atoms with Crippen LogP contribution in [-0.4, -0.2) is 19.5 Å². The van der Waals surface area contributed by atoms with Crippen molar-refractivity contribution in [2.24, 2.45) is 11.3 Å². The van der Waals surface area contributed by atoms with Crippen molar-refractivity contribution in [3.8, 4) is 0 Å². The molecule has 0 N–H and O–H groups in total. The van der Waals surface area contributed by atoms with Crippen molar-refractivity contribution in [1.82, 2.24) is 0 Å². The number of rotatable bonds is 5. The zero-order valence-electron chi connectivity index (χ0n) is 9.52. The molecule has 2 heteroatoms. The summed E-state index contributed by atoms with van der Waals surface area (Å²) in [5.74, 6) is 0.692. The third-order valence-corrected chi connectivity index (χ3v) is 1.75. The highest BCUT2D eigenvalue weighted by Crippen LogP contribution is 2.20. The minimum absolute atomic E-state index is 0.115. The average Bonchev–Trinajstić information content (AvgIpc) is 1.81. The first kappa shape index (κ1) is 12.6. The lowest BCUT2D eigenvalue weighted by molar-refractivity contribution is -0.121. The molecular weight excluding hydrogens is 164 g/mol. The van der Waals surface area contributed by atoms with Crippen LogP contribution in [0.3, 0.4) is 0 Å². The fourth-order valence-electron chi connectivity index (χ4n) is 1.40. The predicted octanol–water partition coefficient (Wildman–Crippen LogP) is 2.66. The number of ketones is 1. The molecular formula is C11H22O2. The van der Waals surface area contributed by atoms with Gasteiger partial charge in [0, 0.05) is 26.6 Å². The average molecular weight is 186 g/mol. The molecule has 0 radical (unpaired) electrons. The van der Waals surface area contributed by atoms with Crippen LogP contribution < -0.4 is 0 Å². The van der Waals surface area contributed by atoms with Crippen LogP contribution in [0.4, 0.5) is 0 Å². The van der Waals surface area contributed by atoms with Gasteiger partial charge in [-0.2, -0.15) is 0 Å². The summed E-state index contributed by atoms with van der Waals surface area (Å²) in [6, 6.07) is 0. The lowest BCUT2D eigenvalue weighted by Crippen LogP contribution is -2.16. The van der Waals surface area contributed by atoms with E-state index in [1.165, 1.54) is 0 Å². The Morgan fingerprint density at radius 1 is 1.38 bits per heavy atom. The molecule has 0 aromatic heterocycles. The maximum atomic E-state index is 11.5. The summed E-state index contributed by atoms with van der Waals surface area (Å²) in [4.78, 5) is 11.5. The van der Waals surface area contributed by atoms with Crippen molar-refractivity contribution in [3.05, 3.63) is 0 Å². The smallest absolute Gasteiger partial charge is 0.133 e. The Balaban J connectivity index is 3.74. The van der Waals surface area contributed by atoms with Gasteiger partial charge in [-0.05, 0) is 11.3 Å². The number of carbonyl (C=O) groups is 1. The van der Waals surface area contributed by atoms with Gasteiger partial charge in [0.15, 0.2) is 0 Å². The van der Waals surface area contributed by atoms with E-state index in [1.807, 2.05) is 6.92 Å².